The molecule has 0 N–H and O–H groups in total. The van der Waals surface area contributed by atoms with E-state index in [-0.39, 0.29) is 11.9 Å². The van der Waals surface area contributed by atoms with Crippen LogP contribution in [0.4, 0.5) is 5.69 Å². The Morgan fingerprint density at radius 1 is 1.23 bits per heavy atom. The Kier molecular flexibility index (Phi) is 4.14. The van der Waals surface area contributed by atoms with Gasteiger partial charge in [0.15, 0.2) is 0 Å². The van der Waals surface area contributed by atoms with Gasteiger partial charge in [-0.25, -0.2) is 0 Å². The molecule has 0 aliphatic carbocycles. The molecule has 0 bridgehead atoms. The normalized spacial score (nSPS) is 18.7. The van der Waals surface area contributed by atoms with Crippen LogP contribution in [-0.2, 0) is 6.42 Å². The van der Waals surface area contributed by atoms with E-state index in [0.29, 0.717) is 32.0 Å². The SMILES string of the molecule is CC(C)N1CCc2ccc(C(=O)N3CCC(N=O)CC3)cc21. The lowest BCUT2D eigenvalue weighted by molar-refractivity contribution is 0.0715. The molecule has 5 heteroatoms. The largest absolute Gasteiger partial charge is 0.369 e. The standard InChI is InChI=1S/C17H23N3O2/c1-12(2)20-10-5-13-3-4-14(11-16(13)20)17(21)19-8-6-15(18-22)7-9-19/h3-4,11-12,15H,5-10H2,1-2H3. The van der Waals surface area contributed by atoms with E-state index in [1.54, 1.807) is 0 Å². The number of carbonyl (C=O) groups is 1. The topological polar surface area (TPSA) is 53.0 Å². The van der Waals surface area contributed by atoms with Gasteiger partial charge in [-0.1, -0.05) is 11.2 Å². The Balaban J connectivity index is 1.77. The van der Waals surface area contributed by atoms with Crippen LogP contribution in [0.3, 0.4) is 0 Å². The second-order valence-electron chi connectivity index (χ2n) is 6.51. The van der Waals surface area contributed by atoms with Gasteiger partial charge in [-0.2, -0.15) is 4.91 Å². The Hall–Kier alpha value is -1.91. The van der Waals surface area contributed by atoms with Crippen LogP contribution in [0, 0.1) is 4.91 Å². The minimum atomic E-state index is -0.125. The van der Waals surface area contributed by atoms with Crippen LogP contribution >= 0.6 is 0 Å². The third kappa shape index (κ3) is 2.72. The highest BCUT2D eigenvalue weighted by Crippen LogP contribution is 2.31. The van der Waals surface area contributed by atoms with Gasteiger partial charge >= 0.3 is 0 Å². The zero-order valence-electron chi connectivity index (χ0n) is 13.3. The van der Waals surface area contributed by atoms with Crippen LogP contribution in [0.15, 0.2) is 23.4 Å². The summed E-state index contributed by atoms with van der Waals surface area (Å²) in [6, 6.07) is 6.38. The smallest absolute Gasteiger partial charge is 0.253 e. The van der Waals surface area contributed by atoms with E-state index in [2.05, 4.69) is 30.0 Å². The molecule has 1 saturated heterocycles. The number of likely N-dealkylation sites (tertiary alicyclic amines) is 1. The van der Waals surface area contributed by atoms with Crippen molar-refractivity contribution in [1.29, 1.82) is 0 Å². The van der Waals surface area contributed by atoms with Crippen molar-refractivity contribution in [2.24, 2.45) is 5.18 Å². The van der Waals surface area contributed by atoms with E-state index in [0.717, 1.165) is 18.5 Å². The molecule has 0 unspecified atom stereocenters. The minimum Gasteiger partial charge on any atom is -0.369 e. The number of nitrogens with zero attached hydrogens (tertiary/aromatic N) is 3. The molecule has 1 amide bonds. The van der Waals surface area contributed by atoms with Crippen molar-refractivity contribution in [3.63, 3.8) is 0 Å². The van der Waals surface area contributed by atoms with Gasteiger partial charge in [0.1, 0.15) is 0 Å². The van der Waals surface area contributed by atoms with Gasteiger partial charge in [0, 0.05) is 36.9 Å². The summed E-state index contributed by atoms with van der Waals surface area (Å²) in [5, 5.41) is 3.10. The third-order valence-corrected chi connectivity index (χ3v) is 4.79. The monoisotopic (exact) mass is 301 g/mol. The summed E-state index contributed by atoms with van der Waals surface area (Å²) in [6.07, 6.45) is 2.41. The molecule has 5 nitrogen and oxygen atoms in total. The second-order valence-corrected chi connectivity index (χ2v) is 6.51. The lowest BCUT2D eigenvalue weighted by atomic mass is 10.0. The zero-order valence-corrected chi connectivity index (χ0v) is 13.3. The molecule has 118 valence electrons. The van der Waals surface area contributed by atoms with E-state index in [4.69, 9.17) is 0 Å². The molecule has 2 aliphatic rings. The quantitative estimate of drug-likeness (QED) is 0.807. The van der Waals surface area contributed by atoms with E-state index < -0.39 is 0 Å². The summed E-state index contributed by atoms with van der Waals surface area (Å²) >= 11 is 0. The first-order chi connectivity index (χ1) is 10.6. The second kappa shape index (κ2) is 6.07. The van der Waals surface area contributed by atoms with E-state index >= 15 is 0 Å². The van der Waals surface area contributed by atoms with Gasteiger partial charge in [-0.05, 0) is 50.8 Å². The molecular weight excluding hydrogens is 278 g/mol. The number of fused-ring (bicyclic) bond motifs is 1. The molecule has 0 atom stereocenters. The van der Waals surface area contributed by atoms with Crippen LogP contribution in [-0.4, -0.2) is 42.5 Å². The van der Waals surface area contributed by atoms with Crippen LogP contribution in [0.5, 0.6) is 0 Å². The lowest BCUT2D eigenvalue weighted by Crippen LogP contribution is -2.39. The van der Waals surface area contributed by atoms with Crippen LogP contribution in [0.1, 0.15) is 42.6 Å². The highest BCUT2D eigenvalue weighted by atomic mass is 16.3. The Morgan fingerprint density at radius 2 is 1.95 bits per heavy atom. The molecule has 0 saturated carbocycles. The fourth-order valence-electron chi connectivity index (χ4n) is 3.43. The summed E-state index contributed by atoms with van der Waals surface area (Å²) in [5.41, 5.74) is 3.28. The summed E-state index contributed by atoms with van der Waals surface area (Å²) in [7, 11) is 0. The maximum atomic E-state index is 12.7. The molecule has 2 aliphatic heterocycles. The predicted octanol–water partition coefficient (Wildman–Crippen LogP) is 2.83. The van der Waals surface area contributed by atoms with Crippen molar-refractivity contribution < 1.29 is 4.79 Å². The Bertz CT molecular complexity index is 577. The molecule has 2 heterocycles. The van der Waals surface area contributed by atoms with Crippen molar-refractivity contribution in [2.75, 3.05) is 24.5 Å². The molecule has 0 radical (unpaired) electrons. The highest BCUT2D eigenvalue weighted by molar-refractivity contribution is 5.95. The van der Waals surface area contributed by atoms with Gasteiger partial charge in [0.2, 0.25) is 0 Å². The first kappa shape index (κ1) is 15.0. The zero-order chi connectivity index (χ0) is 15.7. The average Bonchev–Trinajstić information content (AvgIpc) is 2.97. The fraction of sp³-hybridized carbons (Fsp3) is 0.588. The average molecular weight is 301 g/mol. The number of anilines is 1. The maximum absolute atomic E-state index is 12.7. The van der Waals surface area contributed by atoms with Gasteiger partial charge in [-0.15, -0.1) is 0 Å². The third-order valence-electron chi connectivity index (χ3n) is 4.79. The van der Waals surface area contributed by atoms with Gasteiger partial charge in [0.25, 0.3) is 5.91 Å². The molecule has 0 spiro atoms. The van der Waals surface area contributed by atoms with Crippen LogP contribution in [0.25, 0.3) is 0 Å². The first-order valence-corrected chi connectivity index (χ1v) is 8.11. The Morgan fingerprint density at radius 3 is 2.59 bits per heavy atom. The Labute approximate surface area is 131 Å². The number of hydrogen-bond acceptors (Lipinski definition) is 4. The number of benzene rings is 1. The van der Waals surface area contributed by atoms with Gasteiger partial charge in [0.05, 0.1) is 6.04 Å². The number of nitroso groups, excluding NO2 is 1. The lowest BCUT2D eigenvalue weighted by Gasteiger charge is -2.29. The molecule has 1 aromatic rings. The van der Waals surface area contributed by atoms with Crippen molar-refractivity contribution >= 4 is 11.6 Å². The molecule has 0 aromatic heterocycles. The number of rotatable bonds is 3. The van der Waals surface area contributed by atoms with Crippen molar-refractivity contribution in [3.8, 4) is 0 Å². The number of hydrogen-bond donors (Lipinski definition) is 0. The van der Waals surface area contributed by atoms with Gasteiger partial charge < -0.3 is 9.80 Å². The molecule has 22 heavy (non-hydrogen) atoms. The van der Waals surface area contributed by atoms with Crippen molar-refractivity contribution in [2.45, 2.75) is 45.2 Å². The first-order valence-electron chi connectivity index (χ1n) is 8.11. The van der Waals surface area contributed by atoms with Crippen molar-refractivity contribution in [1.82, 2.24) is 4.90 Å². The molecule has 3 rings (SSSR count). The van der Waals surface area contributed by atoms with Crippen LogP contribution in [0.2, 0.25) is 0 Å². The number of amides is 1. The molecular formula is C17H23N3O2. The number of piperidine rings is 1. The summed E-state index contributed by atoms with van der Waals surface area (Å²) in [4.78, 5) is 27.4. The van der Waals surface area contributed by atoms with Crippen LogP contribution < -0.4 is 4.90 Å². The van der Waals surface area contributed by atoms with E-state index in [1.165, 1.54) is 11.3 Å². The van der Waals surface area contributed by atoms with E-state index in [9.17, 15) is 9.70 Å². The molecule has 1 fully saturated rings. The minimum absolute atomic E-state index is 0.0720. The van der Waals surface area contributed by atoms with E-state index in [1.807, 2.05) is 17.0 Å². The summed E-state index contributed by atoms with van der Waals surface area (Å²) in [5.74, 6) is 0.0720. The maximum Gasteiger partial charge on any atom is 0.253 e. The number of carbonyl (C=O) groups excluding carboxylic acids is 1. The molecule has 1 aromatic carbocycles. The summed E-state index contributed by atoms with van der Waals surface area (Å²) in [6.45, 7) is 6.64. The van der Waals surface area contributed by atoms with Crippen molar-refractivity contribution in [3.05, 3.63) is 34.2 Å². The fourth-order valence-corrected chi connectivity index (χ4v) is 3.43. The predicted molar refractivity (Wildman–Crippen MR) is 87.3 cm³/mol. The summed E-state index contributed by atoms with van der Waals surface area (Å²) < 4.78 is 0. The highest BCUT2D eigenvalue weighted by Gasteiger charge is 2.26. The van der Waals surface area contributed by atoms with Gasteiger partial charge in [-0.3, -0.25) is 4.79 Å².